The number of ketones is 1. The summed E-state index contributed by atoms with van der Waals surface area (Å²) in [5.41, 5.74) is 2.02. The lowest BCUT2D eigenvalue weighted by molar-refractivity contribution is 0.0993. The number of halogens is 1. The van der Waals surface area contributed by atoms with Crippen molar-refractivity contribution in [3.63, 3.8) is 0 Å². The van der Waals surface area contributed by atoms with E-state index < -0.39 is 0 Å². The molecule has 0 saturated heterocycles. The van der Waals surface area contributed by atoms with Gasteiger partial charge in [0.25, 0.3) is 0 Å². The van der Waals surface area contributed by atoms with Crippen LogP contribution in [0.25, 0.3) is 10.9 Å². The SMILES string of the molecule is COc1ccccc1CC(=O)c1c[nH]c2cc(F)ccc12. The predicted octanol–water partition coefficient (Wildman–Crippen LogP) is 3.74. The summed E-state index contributed by atoms with van der Waals surface area (Å²) in [4.78, 5) is 15.4. The second-order valence-electron chi connectivity index (χ2n) is 4.80. The molecule has 1 heterocycles. The number of ether oxygens (including phenoxy) is 1. The van der Waals surface area contributed by atoms with Crippen molar-refractivity contribution in [3.8, 4) is 5.75 Å². The maximum Gasteiger partial charge on any atom is 0.169 e. The van der Waals surface area contributed by atoms with Gasteiger partial charge in [0.15, 0.2) is 5.78 Å². The Morgan fingerprint density at radius 1 is 1.24 bits per heavy atom. The van der Waals surface area contributed by atoms with Crippen LogP contribution in [0.3, 0.4) is 0 Å². The highest BCUT2D eigenvalue weighted by Crippen LogP contribution is 2.23. The fraction of sp³-hybridized carbons (Fsp3) is 0.118. The van der Waals surface area contributed by atoms with Gasteiger partial charge in [-0.2, -0.15) is 0 Å². The van der Waals surface area contributed by atoms with Gasteiger partial charge in [0, 0.05) is 34.6 Å². The molecular formula is C17H14FNO2. The number of para-hydroxylation sites is 1. The average molecular weight is 283 g/mol. The third-order valence-electron chi connectivity index (χ3n) is 3.49. The molecular weight excluding hydrogens is 269 g/mol. The zero-order valence-corrected chi connectivity index (χ0v) is 11.5. The number of carbonyl (C=O) groups excluding carboxylic acids is 1. The number of aromatic amines is 1. The first-order chi connectivity index (χ1) is 10.2. The van der Waals surface area contributed by atoms with Crippen molar-refractivity contribution in [1.29, 1.82) is 0 Å². The molecule has 0 saturated carbocycles. The van der Waals surface area contributed by atoms with E-state index in [9.17, 15) is 9.18 Å². The highest BCUT2D eigenvalue weighted by molar-refractivity contribution is 6.08. The van der Waals surface area contributed by atoms with Crippen molar-refractivity contribution in [3.05, 3.63) is 65.6 Å². The van der Waals surface area contributed by atoms with Crippen LogP contribution in [0.5, 0.6) is 5.75 Å². The van der Waals surface area contributed by atoms with E-state index in [0.29, 0.717) is 16.8 Å². The fourth-order valence-corrected chi connectivity index (χ4v) is 2.45. The Morgan fingerprint density at radius 3 is 2.86 bits per heavy atom. The number of methoxy groups -OCH3 is 1. The number of benzene rings is 2. The lowest BCUT2D eigenvalue weighted by atomic mass is 10.0. The first kappa shape index (κ1) is 13.4. The van der Waals surface area contributed by atoms with Gasteiger partial charge in [-0.3, -0.25) is 4.79 Å². The molecule has 106 valence electrons. The minimum absolute atomic E-state index is 0.0302. The quantitative estimate of drug-likeness (QED) is 0.741. The molecule has 0 radical (unpaired) electrons. The van der Waals surface area contributed by atoms with Crippen LogP contribution < -0.4 is 4.74 Å². The molecule has 1 N–H and O–H groups in total. The number of hydrogen-bond acceptors (Lipinski definition) is 2. The van der Waals surface area contributed by atoms with E-state index in [-0.39, 0.29) is 18.0 Å². The normalized spacial score (nSPS) is 10.8. The molecule has 0 fully saturated rings. The summed E-state index contributed by atoms with van der Waals surface area (Å²) >= 11 is 0. The van der Waals surface area contributed by atoms with Crippen molar-refractivity contribution < 1.29 is 13.9 Å². The molecule has 1 aromatic heterocycles. The van der Waals surface area contributed by atoms with Gasteiger partial charge in [0.1, 0.15) is 11.6 Å². The standard InChI is InChI=1S/C17H14FNO2/c1-21-17-5-3-2-4-11(17)8-16(20)14-10-19-15-9-12(18)6-7-13(14)15/h2-7,9-10,19H,8H2,1H3. The maximum atomic E-state index is 13.2. The zero-order chi connectivity index (χ0) is 14.8. The van der Waals surface area contributed by atoms with E-state index in [0.717, 1.165) is 10.9 Å². The topological polar surface area (TPSA) is 42.1 Å². The molecule has 3 nitrogen and oxygen atoms in total. The van der Waals surface area contributed by atoms with Crippen LogP contribution in [0.15, 0.2) is 48.7 Å². The largest absolute Gasteiger partial charge is 0.496 e. The summed E-state index contributed by atoms with van der Waals surface area (Å²) < 4.78 is 18.4. The number of Topliss-reactive ketones (excluding diaryl/α,β-unsaturated/α-hetero) is 1. The Hall–Kier alpha value is -2.62. The first-order valence-corrected chi connectivity index (χ1v) is 6.61. The van der Waals surface area contributed by atoms with Crippen LogP contribution in [0.4, 0.5) is 4.39 Å². The molecule has 3 aromatic rings. The van der Waals surface area contributed by atoms with Crippen LogP contribution in [0, 0.1) is 5.82 Å². The van der Waals surface area contributed by atoms with Crippen LogP contribution in [0.1, 0.15) is 15.9 Å². The summed E-state index contributed by atoms with van der Waals surface area (Å²) in [6.07, 6.45) is 1.87. The van der Waals surface area contributed by atoms with Crippen LogP contribution in [-0.4, -0.2) is 17.9 Å². The van der Waals surface area contributed by atoms with Gasteiger partial charge < -0.3 is 9.72 Å². The minimum atomic E-state index is -0.326. The molecule has 0 unspecified atom stereocenters. The van der Waals surface area contributed by atoms with E-state index in [1.165, 1.54) is 12.1 Å². The molecule has 3 rings (SSSR count). The maximum absolute atomic E-state index is 13.2. The van der Waals surface area contributed by atoms with Gasteiger partial charge in [-0.05, 0) is 24.3 Å². The van der Waals surface area contributed by atoms with Crippen LogP contribution in [0.2, 0.25) is 0 Å². The summed E-state index contributed by atoms with van der Waals surface area (Å²) in [6.45, 7) is 0. The second-order valence-corrected chi connectivity index (χ2v) is 4.80. The lowest BCUT2D eigenvalue weighted by Crippen LogP contribution is -2.04. The van der Waals surface area contributed by atoms with Crippen molar-refractivity contribution >= 4 is 16.7 Å². The highest BCUT2D eigenvalue weighted by atomic mass is 19.1. The monoisotopic (exact) mass is 283 g/mol. The number of fused-ring (bicyclic) bond motifs is 1. The molecule has 0 bridgehead atoms. The van der Waals surface area contributed by atoms with Crippen molar-refractivity contribution in [2.45, 2.75) is 6.42 Å². The van der Waals surface area contributed by atoms with Gasteiger partial charge >= 0.3 is 0 Å². The van der Waals surface area contributed by atoms with Crippen molar-refractivity contribution in [2.24, 2.45) is 0 Å². The smallest absolute Gasteiger partial charge is 0.169 e. The molecule has 0 spiro atoms. The first-order valence-electron chi connectivity index (χ1n) is 6.61. The van der Waals surface area contributed by atoms with Crippen LogP contribution >= 0.6 is 0 Å². The Morgan fingerprint density at radius 2 is 2.05 bits per heavy atom. The number of hydrogen-bond donors (Lipinski definition) is 1. The summed E-state index contributed by atoms with van der Waals surface area (Å²) in [7, 11) is 1.58. The number of H-pyrrole nitrogens is 1. The summed E-state index contributed by atoms with van der Waals surface area (Å²) in [5, 5.41) is 0.733. The Labute approximate surface area is 121 Å². The molecule has 0 aliphatic rings. The van der Waals surface area contributed by atoms with Gasteiger partial charge in [-0.15, -0.1) is 0 Å². The van der Waals surface area contributed by atoms with Gasteiger partial charge in [-0.25, -0.2) is 4.39 Å². The van der Waals surface area contributed by atoms with E-state index in [2.05, 4.69) is 4.98 Å². The Bertz CT molecular complexity index is 807. The van der Waals surface area contributed by atoms with Crippen LogP contribution in [-0.2, 0) is 6.42 Å². The number of carbonyl (C=O) groups is 1. The number of rotatable bonds is 4. The molecule has 0 aliphatic heterocycles. The lowest BCUT2D eigenvalue weighted by Gasteiger charge is -2.07. The van der Waals surface area contributed by atoms with Gasteiger partial charge in [-0.1, -0.05) is 18.2 Å². The zero-order valence-electron chi connectivity index (χ0n) is 11.5. The second kappa shape index (κ2) is 5.40. The number of nitrogens with one attached hydrogen (secondary N) is 1. The molecule has 0 atom stereocenters. The Kier molecular flexibility index (Phi) is 3.44. The number of aromatic nitrogens is 1. The highest BCUT2D eigenvalue weighted by Gasteiger charge is 2.15. The minimum Gasteiger partial charge on any atom is -0.496 e. The van der Waals surface area contributed by atoms with Gasteiger partial charge in [0.2, 0.25) is 0 Å². The van der Waals surface area contributed by atoms with E-state index in [1.807, 2.05) is 24.3 Å². The third kappa shape index (κ3) is 2.52. The molecule has 0 aliphatic carbocycles. The van der Waals surface area contributed by atoms with Crippen molar-refractivity contribution in [1.82, 2.24) is 4.98 Å². The molecule has 2 aromatic carbocycles. The van der Waals surface area contributed by atoms with E-state index >= 15 is 0 Å². The Balaban J connectivity index is 1.94. The fourth-order valence-electron chi connectivity index (χ4n) is 2.45. The summed E-state index contributed by atoms with van der Waals surface area (Å²) in [6, 6.07) is 11.8. The third-order valence-corrected chi connectivity index (χ3v) is 3.49. The van der Waals surface area contributed by atoms with E-state index in [1.54, 1.807) is 19.4 Å². The molecule has 4 heteroatoms. The summed E-state index contributed by atoms with van der Waals surface area (Å²) in [5.74, 6) is 0.335. The predicted molar refractivity (Wildman–Crippen MR) is 79.3 cm³/mol. The van der Waals surface area contributed by atoms with Gasteiger partial charge in [0.05, 0.1) is 7.11 Å². The molecule has 0 amide bonds. The van der Waals surface area contributed by atoms with Crippen molar-refractivity contribution in [2.75, 3.05) is 7.11 Å². The average Bonchev–Trinajstić information content (AvgIpc) is 2.90. The van der Waals surface area contributed by atoms with E-state index in [4.69, 9.17) is 4.74 Å². The molecule has 21 heavy (non-hydrogen) atoms.